The van der Waals surface area contributed by atoms with Gasteiger partial charge in [-0.15, -0.1) is 0 Å². The molecule has 0 aliphatic carbocycles. The minimum absolute atomic E-state index is 0.317. The van der Waals surface area contributed by atoms with Crippen LogP contribution in [0.1, 0.15) is 25.0 Å². The van der Waals surface area contributed by atoms with Crippen molar-refractivity contribution in [2.45, 2.75) is 27.3 Å². The molecule has 0 heterocycles. The Kier molecular flexibility index (Phi) is 6.09. The summed E-state index contributed by atoms with van der Waals surface area (Å²) in [5.41, 5.74) is 1.24. The first-order valence-corrected chi connectivity index (χ1v) is 8.56. The number of benzene rings is 2. The fourth-order valence-electron chi connectivity index (χ4n) is 2.18. The van der Waals surface area contributed by atoms with E-state index in [1.165, 1.54) is 6.07 Å². The predicted molar refractivity (Wildman–Crippen MR) is 102 cm³/mol. The van der Waals surface area contributed by atoms with Crippen LogP contribution in [0.25, 0.3) is 0 Å². The largest absolute Gasteiger partial charge is 0.351 e. The first kappa shape index (κ1) is 19.3. The van der Waals surface area contributed by atoms with Crippen molar-refractivity contribution in [2.75, 3.05) is 5.32 Å². The van der Waals surface area contributed by atoms with E-state index in [-0.39, 0.29) is 5.91 Å². The molecule has 2 aromatic carbocycles. The summed E-state index contributed by atoms with van der Waals surface area (Å²) >= 11 is 11.9. The SMILES string of the molecule is Cc1ccccc1CNC(=O)C(C)(C)C(=O)Nc1ccc(Cl)cc1Cl. The first-order chi connectivity index (χ1) is 11.7. The van der Waals surface area contributed by atoms with Gasteiger partial charge in [-0.3, -0.25) is 9.59 Å². The maximum Gasteiger partial charge on any atom is 0.239 e. The molecule has 0 spiro atoms. The smallest absolute Gasteiger partial charge is 0.239 e. The van der Waals surface area contributed by atoms with Gasteiger partial charge < -0.3 is 10.6 Å². The van der Waals surface area contributed by atoms with Gasteiger partial charge in [0.25, 0.3) is 0 Å². The maximum absolute atomic E-state index is 12.5. The zero-order valence-electron chi connectivity index (χ0n) is 14.3. The standard InChI is InChI=1S/C19H20Cl2N2O2/c1-12-6-4-5-7-13(12)11-22-17(24)19(2,3)18(25)23-16-9-8-14(20)10-15(16)21/h4-10H,11H2,1-3H3,(H,22,24)(H,23,25). The lowest BCUT2D eigenvalue weighted by atomic mass is 9.90. The third kappa shape index (κ3) is 4.74. The van der Waals surface area contributed by atoms with Crippen molar-refractivity contribution in [3.05, 3.63) is 63.6 Å². The third-order valence-electron chi connectivity index (χ3n) is 4.02. The van der Waals surface area contributed by atoms with Gasteiger partial charge in [0.1, 0.15) is 5.41 Å². The van der Waals surface area contributed by atoms with Crippen molar-refractivity contribution in [3.63, 3.8) is 0 Å². The molecule has 0 fully saturated rings. The van der Waals surface area contributed by atoms with Gasteiger partial charge in [-0.2, -0.15) is 0 Å². The van der Waals surface area contributed by atoms with E-state index in [0.717, 1.165) is 11.1 Å². The maximum atomic E-state index is 12.5. The van der Waals surface area contributed by atoms with Gasteiger partial charge in [0, 0.05) is 11.6 Å². The van der Waals surface area contributed by atoms with E-state index in [2.05, 4.69) is 10.6 Å². The molecule has 2 amide bonds. The number of aryl methyl sites for hydroxylation is 1. The topological polar surface area (TPSA) is 58.2 Å². The van der Waals surface area contributed by atoms with Crippen LogP contribution in [0.3, 0.4) is 0 Å². The van der Waals surface area contributed by atoms with Crippen molar-refractivity contribution in [3.8, 4) is 0 Å². The fraction of sp³-hybridized carbons (Fsp3) is 0.263. The molecule has 2 rings (SSSR count). The average molecular weight is 379 g/mol. The highest BCUT2D eigenvalue weighted by molar-refractivity contribution is 6.36. The van der Waals surface area contributed by atoms with Crippen LogP contribution in [-0.2, 0) is 16.1 Å². The van der Waals surface area contributed by atoms with Crippen LogP contribution in [-0.4, -0.2) is 11.8 Å². The second-order valence-electron chi connectivity index (χ2n) is 6.31. The van der Waals surface area contributed by atoms with Crippen LogP contribution in [0.4, 0.5) is 5.69 Å². The molecule has 2 N–H and O–H groups in total. The molecule has 4 nitrogen and oxygen atoms in total. The Morgan fingerprint density at radius 1 is 1.04 bits per heavy atom. The van der Waals surface area contributed by atoms with E-state index in [4.69, 9.17) is 23.2 Å². The highest BCUT2D eigenvalue weighted by Gasteiger charge is 2.36. The summed E-state index contributed by atoms with van der Waals surface area (Å²) in [6.45, 7) is 5.48. The second kappa shape index (κ2) is 7.89. The number of hydrogen-bond acceptors (Lipinski definition) is 2. The second-order valence-corrected chi connectivity index (χ2v) is 7.16. The lowest BCUT2D eigenvalue weighted by molar-refractivity contribution is -0.138. The van der Waals surface area contributed by atoms with Crippen molar-refractivity contribution >= 4 is 40.7 Å². The zero-order chi connectivity index (χ0) is 18.6. The molecule has 132 valence electrons. The van der Waals surface area contributed by atoms with E-state index in [1.807, 2.05) is 31.2 Å². The molecule has 0 saturated heterocycles. The molecular formula is C19H20Cl2N2O2. The number of nitrogens with one attached hydrogen (secondary N) is 2. The van der Waals surface area contributed by atoms with E-state index in [1.54, 1.807) is 26.0 Å². The van der Waals surface area contributed by atoms with E-state index in [0.29, 0.717) is 22.3 Å². The minimum atomic E-state index is -1.26. The first-order valence-electron chi connectivity index (χ1n) is 7.81. The number of halogens is 2. The van der Waals surface area contributed by atoms with Crippen molar-refractivity contribution in [1.82, 2.24) is 5.32 Å². The monoisotopic (exact) mass is 378 g/mol. The highest BCUT2D eigenvalue weighted by atomic mass is 35.5. The molecule has 0 atom stereocenters. The van der Waals surface area contributed by atoms with Gasteiger partial charge in [-0.1, -0.05) is 47.5 Å². The summed E-state index contributed by atoms with van der Waals surface area (Å²) in [5, 5.41) is 6.28. The zero-order valence-corrected chi connectivity index (χ0v) is 15.8. The van der Waals surface area contributed by atoms with Gasteiger partial charge in [-0.05, 0) is 50.1 Å². The number of anilines is 1. The number of carbonyl (C=O) groups excluding carboxylic acids is 2. The summed E-state index contributed by atoms with van der Waals surface area (Å²) in [6.07, 6.45) is 0. The van der Waals surface area contributed by atoms with E-state index >= 15 is 0 Å². The number of carbonyl (C=O) groups is 2. The van der Waals surface area contributed by atoms with Crippen LogP contribution >= 0.6 is 23.2 Å². The fourth-order valence-corrected chi connectivity index (χ4v) is 2.63. The summed E-state index contributed by atoms with van der Waals surface area (Å²) in [6, 6.07) is 12.5. The summed E-state index contributed by atoms with van der Waals surface area (Å²) in [7, 11) is 0. The van der Waals surface area contributed by atoms with E-state index < -0.39 is 11.3 Å². The summed E-state index contributed by atoms with van der Waals surface area (Å²) in [4.78, 5) is 25.0. The third-order valence-corrected chi connectivity index (χ3v) is 4.56. The average Bonchev–Trinajstić information content (AvgIpc) is 2.56. The molecule has 6 heteroatoms. The molecule has 0 aliphatic heterocycles. The van der Waals surface area contributed by atoms with Crippen LogP contribution in [0.5, 0.6) is 0 Å². The molecule has 0 bridgehead atoms. The van der Waals surface area contributed by atoms with Crippen molar-refractivity contribution in [1.29, 1.82) is 0 Å². The minimum Gasteiger partial charge on any atom is -0.351 e. The predicted octanol–water partition coefficient (Wildman–Crippen LogP) is 4.58. The molecule has 0 aliphatic rings. The number of rotatable bonds is 5. The van der Waals surface area contributed by atoms with Crippen LogP contribution < -0.4 is 10.6 Å². The molecule has 2 aromatic rings. The van der Waals surface area contributed by atoms with Gasteiger partial charge in [0.2, 0.25) is 11.8 Å². The van der Waals surface area contributed by atoms with Crippen LogP contribution in [0, 0.1) is 12.3 Å². The Labute approximate surface area is 157 Å². The molecule has 0 radical (unpaired) electrons. The molecule has 25 heavy (non-hydrogen) atoms. The van der Waals surface area contributed by atoms with Gasteiger partial charge in [0.15, 0.2) is 0 Å². The normalized spacial score (nSPS) is 11.1. The Morgan fingerprint density at radius 2 is 1.72 bits per heavy atom. The van der Waals surface area contributed by atoms with Gasteiger partial charge >= 0.3 is 0 Å². The highest BCUT2D eigenvalue weighted by Crippen LogP contribution is 2.27. The molecular weight excluding hydrogens is 359 g/mol. The van der Waals surface area contributed by atoms with Gasteiger partial charge in [-0.25, -0.2) is 0 Å². The molecule has 0 saturated carbocycles. The molecule has 0 aromatic heterocycles. The quantitative estimate of drug-likeness (QED) is 0.747. The van der Waals surface area contributed by atoms with E-state index in [9.17, 15) is 9.59 Å². The Balaban J connectivity index is 2.04. The van der Waals surface area contributed by atoms with Crippen molar-refractivity contribution in [2.24, 2.45) is 5.41 Å². The Hall–Kier alpha value is -2.04. The van der Waals surface area contributed by atoms with Crippen LogP contribution in [0.15, 0.2) is 42.5 Å². The number of amides is 2. The number of hydrogen-bond donors (Lipinski definition) is 2. The lowest BCUT2D eigenvalue weighted by Crippen LogP contribution is -2.45. The van der Waals surface area contributed by atoms with Crippen LogP contribution in [0.2, 0.25) is 10.0 Å². The van der Waals surface area contributed by atoms with Crippen molar-refractivity contribution < 1.29 is 9.59 Å². The lowest BCUT2D eigenvalue weighted by Gasteiger charge is -2.23. The summed E-state index contributed by atoms with van der Waals surface area (Å²) < 4.78 is 0. The Morgan fingerprint density at radius 3 is 2.36 bits per heavy atom. The summed E-state index contributed by atoms with van der Waals surface area (Å²) in [5.74, 6) is -0.808. The van der Waals surface area contributed by atoms with Gasteiger partial charge in [0.05, 0.1) is 10.7 Å². The Bertz CT molecular complexity index is 804. The molecule has 0 unspecified atom stereocenters.